The molecule has 0 bridgehead atoms. The van der Waals surface area contributed by atoms with Crippen molar-refractivity contribution in [3.8, 4) is 5.75 Å². The van der Waals surface area contributed by atoms with Gasteiger partial charge in [0.1, 0.15) is 5.75 Å². The number of phenolic OH excluding ortho intramolecular Hbond substituents is 1. The van der Waals surface area contributed by atoms with Crippen LogP contribution in [0.4, 0.5) is 5.69 Å². The predicted octanol–water partition coefficient (Wildman–Crippen LogP) is 2.40. The summed E-state index contributed by atoms with van der Waals surface area (Å²) in [6, 6.07) is 5.31. The summed E-state index contributed by atoms with van der Waals surface area (Å²) in [7, 11) is 0. The molecule has 0 heterocycles. The molecular formula is C14H22N2O2. The van der Waals surface area contributed by atoms with Crippen LogP contribution in [0.5, 0.6) is 5.75 Å². The molecule has 0 aromatic heterocycles. The molecule has 0 fully saturated rings. The third kappa shape index (κ3) is 4.37. The van der Waals surface area contributed by atoms with Crippen molar-refractivity contribution in [1.82, 2.24) is 0 Å². The van der Waals surface area contributed by atoms with Crippen LogP contribution >= 0.6 is 0 Å². The summed E-state index contributed by atoms with van der Waals surface area (Å²) in [5.41, 5.74) is 6.69. The van der Waals surface area contributed by atoms with Gasteiger partial charge in [-0.1, -0.05) is 19.1 Å². The molecule has 100 valence electrons. The highest BCUT2D eigenvalue weighted by Crippen LogP contribution is 2.26. The Hall–Kier alpha value is -1.55. The van der Waals surface area contributed by atoms with E-state index in [1.165, 1.54) is 0 Å². The van der Waals surface area contributed by atoms with E-state index < -0.39 is 0 Å². The van der Waals surface area contributed by atoms with Gasteiger partial charge in [-0.05, 0) is 43.9 Å². The number of carbonyl (C=O) groups excluding carboxylic acids is 1. The maximum atomic E-state index is 11.7. The number of anilines is 1. The fraction of sp³-hybridized carbons (Fsp3) is 0.500. The van der Waals surface area contributed by atoms with Crippen LogP contribution in [0.1, 0.15) is 31.7 Å². The zero-order valence-electron chi connectivity index (χ0n) is 11.1. The van der Waals surface area contributed by atoms with E-state index >= 15 is 0 Å². The Bertz CT molecular complexity index is 405. The van der Waals surface area contributed by atoms with Crippen LogP contribution in [-0.2, 0) is 4.79 Å². The lowest BCUT2D eigenvalue weighted by Crippen LogP contribution is -2.14. The second-order valence-electron chi connectivity index (χ2n) is 4.74. The van der Waals surface area contributed by atoms with E-state index in [1.807, 2.05) is 6.07 Å². The molecule has 18 heavy (non-hydrogen) atoms. The van der Waals surface area contributed by atoms with Gasteiger partial charge >= 0.3 is 0 Å². The second-order valence-corrected chi connectivity index (χ2v) is 4.74. The Morgan fingerprint density at radius 3 is 2.83 bits per heavy atom. The quantitative estimate of drug-likeness (QED) is 0.679. The molecule has 0 spiro atoms. The molecule has 1 rings (SSSR count). The molecule has 0 aliphatic carbocycles. The monoisotopic (exact) mass is 250 g/mol. The van der Waals surface area contributed by atoms with Crippen molar-refractivity contribution >= 4 is 11.6 Å². The summed E-state index contributed by atoms with van der Waals surface area (Å²) in [5, 5.41) is 12.5. The van der Waals surface area contributed by atoms with Gasteiger partial charge in [-0.15, -0.1) is 0 Å². The lowest BCUT2D eigenvalue weighted by atomic mass is 10.0. The normalized spacial score (nSPS) is 12.2. The van der Waals surface area contributed by atoms with E-state index in [0.29, 0.717) is 24.6 Å². The average molecular weight is 250 g/mol. The van der Waals surface area contributed by atoms with E-state index in [1.54, 1.807) is 19.1 Å². The second kappa shape index (κ2) is 7.01. The van der Waals surface area contributed by atoms with Gasteiger partial charge in [0.15, 0.2) is 0 Å². The fourth-order valence-electron chi connectivity index (χ4n) is 1.78. The summed E-state index contributed by atoms with van der Waals surface area (Å²) >= 11 is 0. The van der Waals surface area contributed by atoms with Crippen molar-refractivity contribution in [3.05, 3.63) is 23.8 Å². The minimum absolute atomic E-state index is 0.0697. The maximum Gasteiger partial charge on any atom is 0.224 e. The third-order valence-electron chi connectivity index (χ3n) is 3.04. The number of carbonyl (C=O) groups is 1. The summed E-state index contributed by atoms with van der Waals surface area (Å²) in [4.78, 5) is 11.7. The highest BCUT2D eigenvalue weighted by atomic mass is 16.3. The molecule has 0 saturated heterocycles. The van der Waals surface area contributed by atoms with E-state index in [9.17, 15) is 9.90 Å². The van der Waals surface area contributed by atoms with Crippen LogP contribution in [0.3, 0.4) is 0 Å². The minimum atomic E-state index is -0.0697. The molecular weight excluding hydrogens is 228 g/mol. The molecule has 4 heteroatoms. The number of amides is 1. The van der Waals surface area contributed by atoms with Crippen molar-refractivity contribution < 1.29 is 9.90 Å². The number of nitrogens with one attached hydrogen (secondary N) is 1. The molecule has 4 nitrogen and oxygen atoms in total. The Morgan fingerprint density at radius 1 is 1.44 bits per heavy atom. The number of hydrogen-bond acceptors (Lipinski definition) is 3. The summed E-state index contributed by atoms with van der Waals surface area (Å²) in [6.45, 7) is 4.54. The first-order valence-electron chi connectivity index (χ1n) is 6.33. The van der Waals surface area contributed by atoms with Gasteiger partial charge in [-0.3, -0.25) is 4.79 Å². The number of para-hydroxylation sites is 1. The van der Waals surface area contributed by atoms with Crippen molar-refractivity contribution in [2.24, 2.45) is 11.7 Å². The molecule has 4 N–H and O–H groups in total. The number of benzene rings is 1. The molecule has 1 aromatic carbocycles. The van der Waals surface area contributed by atoms with Crippen LogP contribution in [0.25, 0.3) is 0 Å². The predicted molar refractivity (Wildman–Crippen MR) is 73.5 cm³/mol. The van der Waals surface area contributed by atoms with Crippen LogP contribution < -0.4 is 11.1 Å². The highest BCUT2D eigenvalue weighted by molar-refractivity contribution is 5.92. The Labute approximate surface area is 108 Å². The first-order valence-corrected chi connectivity index (χ1v) is 6.33. The van der Waals surface area contributed by atoms with Gasteiger partial charge in [0, 0.05) is 6.42 Å². The minimum Gasteiger partial charge on any atom is -0.505 e. The van der Waals surface area contributed by atoms with Gasteiger partial charge in [-0.25, -0.2) is 0 Å². The zero-order chi connectivity index (χ0) is 13.5. The molecule has 0 saturated carbocycles. The smallest absolute Gasteiger partial charge is 0.224 e. The number of rotatable bonds is 6. The summed E-state index contributed by atoms with van der Waals surface area (Å²) < 4.78 is 0. The van der Waals surface area contributed by atoms with Gasteiger partial charge in [0.25, 0.3) is 0 Å². The standard InChI is InChI=1S/C14H22N2O2/c1-10(8-9-15)6-7-13(17)16-12-5-3-4-11(2)14(12)18/h3-5,10,18H,6-9,15H2,1-2H3,(H,16,17). The first kappa shape index (κ1) is 14.5. The Morgan fingerprint density at radius 2 is 2.17 bits per heavy atom. The van der Waals surface area contributed by atoms with E-state index in [0.717, 1.165) is 18.4 Å². The third-order valence-corrected chi connectivity index (χ3v) is 3.04. The van der Waals surface area contributed by atoms with Crippen molar-refractivity contribution in [2.75, 3.05) is 11.9 Å². The molecule has 0 radical (unpaired) electrons. The lowest BCUT2D eigenvalue weighted by molar-refractivity contribution is -0.116. The van der Waals surface area contributed by atoms with Crippen LogP contribution in [0.2, 0.25) is 0 Å². The van der Waals surface area contributed by atoms with Gasteiger partial charge in [-0.2, -0.15) is 0 Å². The van der Waals surface area contributed by atoms with E-state index in [-0.39, 0.29) is 11.7 Å². The van der Waals surface area contributed by atoms with Gasteiger partial charge in [0.2, 0.25) is 5.91 Å². The SMILES string of the molecule is Cc1cccc(NC(=O)CCC(C)CCN)c1O. The zero-order valence-corrected chi connectivity index (χ0v) is 11.1. The van der Waals surface area contributed by atoms with Crippen LogP contribution in [0.15, 0.2) is 18.2 Å². The fourth-order valence-corrected chi connectivity index (χ4v) is 1.78. The maximum absolute atomic E-state index is 11.7. The number of phenols is 1. The Kier molecular flexibility index (Phi) is 5.65. The number of aromatic hydroxyl groups is 1. The van der Waals surface area contributed by atoms with Gasteiger partial charge < -0.3 is 16.2 Å². The summed E-state index contributed by atoms with van der Waals surface area (Å²) in [6.07, 6.45) is 2.20. The number of nitrogens with two attached hydrogens (primary N) is 1. The number of hydrogen-bond donors (Lipinski definition) is 3. The highest BCUT2D eigenvalue weighted by Gasteiger charge is 2.09. The topological polar surface area (TPSA) is 75.4 Å². The van der Waals surface area contributed by atoms with Gasteiger partial charge in [0.05, 0.1) is 5.69 Å². The lowest BCUT2D eigenvalue weighted by Gasteiger charge is -2.11. The molecule has 1 aromatic rings. The number of aryl methyl sites for hydroxylation is 1. The largest absolute Gasteiger partial charge is 0.505 e. The van der Waals surface area contributed by atoms with Crippen molar-refractivity contribution in [1.29, 1.82) is 0 Å². The molecule has 0 aliphatic heterocycles. The molecule has 0 aliphatic rings. The van der Waals surface area contributed by atoms with Crippen LogP contribution in [0, 0.1) is 12.8 Å². The van der Waals surface area contributed by atoms with Crippen molar-refractivity contribution in [2.45, 2.75) is 33.1 Å². The van der Waals surface area contributed by atoms with E-state index in [4.69, 9.17) is 5.73 Å². The first-order chi connectivity index (χ1) is 8.54. The molecule has 1 unspecified atom stereocenters. The Balaban J connectivity index is 2.47. The summed E-state index contributed by atoms with van der Waals surface area (Å²) in [5.74, 6) is 0.521. The van der Waals surface area contributed by atoms with E-state index in [2.05, 4.69) is 12.2 Å². The van der Waals surface area contributed by atoms with Crippen molar-refractivity contribution in [3.63, 3.8) is 0 Å². The molecule has 1 atom stereocenters. The van der Waals surface area contributed by atoms with Crippen LogP contribution in [-0.4, -0.2) is 17.6 Å². The average Bonchev–Trinajstić information content (AvgIpc) is 2.33. The molecule has 1 amide bonds.